The molecule has 0 radical (unpaired) electrons. The summed E-state index contributed by atoms with van der Waals surface area (Å²) < 4.78 is 1.59. The van der Waals surface area contributed by atoms with E-state index in [9.17, 15) is 4.79 Å². The SMILES string of the molecule is O=c1c2c(-c3ccc(Cl)cc3)c3c(nc2nc2sc4c(n12)ONC4c1cccs1)/C(=C/c1ccc(Cl)cc1)CCC3. The Bertz CT molecular complexity index is 2070. The molecule has 2 aliphatic rings. The molecule has 0 saturated carbocycles. The number of aromatic nitrogens is 3. The minimum atomic E-state index is -0.190. The van der Waals surface area contributed by atoms with Gasteiger partial charge in [-0.05, 0) is 83.3 Å². The van der Waals surface area contributed by atoms with Crippen molar-refractivity contribution in [2.24, 2.45) is 0 Å². The predicted octanol–water partition coefficient (Wildman–Crippen LogP) is 8.20. The first-order chi connectivity index (χ1) is 20.0. The minimum Gasteiger partial charge on any atom is -0.387 e. The molecule has 6 aromatic rings. The second-order valence-electron chi connectivity index (χ2n) is 10.1. The highest BCUT2D eigenvalue weighted by atomic mass is 35.5. The van der Waals surface area contributed by atoms with Crippen LogP contribution in [0, 0.1) is 0 Å². The van der Waals surface area contributed by atoms with E-state index in [-0.39, 0.29) is 11.6 Å². The van der Waals surface area contributed by atoms with Crippen LogP contribution in [0.1, 0.15) is 45.5 Å². The summed E-state index contributed by atoms with van der Waals surface area (Å²) in [4.78, 5) is 33.0. The van der Waals surface area contributed by atoms with Gasteiger partial charge >= 0.3 is 0 Å². The Morgan fingerprint density at radius 3 is 2.54 bits per heavy atom. The molecule has 0 fully saturated rings. The Kier molecular flexibility index (Phi) is 6.02. The standard InChI is InChI=1S/C31H20Cl2N4O2S2/c32-19-10-6-16(7-11-19)15-18-3-1-4-21-23(17-8-12-20(33)13-9-17)24-28(34-25(18)21)35-31-37(29(24)38)30-27(41-31)26(36-39-30)22-5-2-14-40-22/h2,5-15,26,36H,1,3-4H2/b18-15+. The highest BCUT2D eigenvalue weighted by Crippen LogP contribution is 2.44. The summed E-state index contributed by atoms with van der Waals surface area (Å²) in [6.07, 6.45) is 4.79. The number of rotatable bonds is 3. The normalized spacial score (nSPS) is 17.2. The first-order valence-corrected chi connectivity index (χ1v) is 15.6. The van der Waals surface area contributed by atoms with Crippen LogP contribution in [0.15, 0.2) is 70.8 Å². The summed E-state index contributed by atoms with van der Waals surface area (Å²) in [6.45, 7) is 0. The van der Waals surface area contributed by atoms with Gasteiger partial charge in [-0.2, -0.15) is 4.98 Å². The number of hydrogen-bond donors (Lipinski definition) is 1. The lowest BCUT2D eigenvalue weighted by molar-refractivity contribution is 0.198. The summed E-state index contributed by atoms with van der Waals surface area (Å²) in [5.74, 6) is 0.492. The molecule has 1 aliphatic carbocycles. The topological polar surface area (TPSA) is 68.5 Å². The monoisotopic (exact) mass is 614 g/mol. The van der Waals surface area contributed by atoms with E-state index >= 15 is 0 Å². The number of allylic oxidation sites excluding steroid dienone is 1. The fourth-order valence-electron chi connectivity index (χ4n) is 5.74. The Morgan fingerprint density at radius 2 is 1.78 bits per heavy atom. The number of benzene rings is 2. The van der Waals surface area contributed by atoms with Gasteiger partial charge in [-0.25, -0.2) is 9.38 Å². The van der Waals surface area contributed by atoms with Crippen molar-refractivity contribution in [3.63, 3.8) is 0 Å². The van der Waals surface area contributed by atoms with Gasteiger partial charge in [0.15, 0.2) is 5.65 Å². The number of thiophene rings is 1. The third kappa shape index (κ3) is 4.13. The third-order valence-corrected chi connectivity index (χ3v) is 10.1. The van der Waals surface area contributed by atoms with Gasteiger partial charge in [-0.1, -0.05) is 64.9 Å². The van der Waals surface area contributed by atoms with E-state index in [1.165, 1.54) is 11.3 Å². The Morgan fingerprint density at radius 1 is 1.00 bits per heavy atom. The van der Waals surface area contributed by atoms with Crippen LogP contribution < -0.4 is 15.9 Å². The molecular weight excluding hydrogens is 595 g/mol. The van der Waals surface area contributed by atoms with Gasteiger partial charge in [0.2, 0.25) is 10.8 Å². The number of thiazole rings is 1. The van der Waals surface area contributed by atoms with Crippen molar-refractivity contribution in [1.82, 2.24) is 19.8 Å². The van der Waals surface area contributed by atoms with Crippen LogP contribution in [-0.2, 0) is 6.42 Å². The van der Waals surface area contributed by atoms with Crippen molar-refractivity contribution in [3.05, 3.63) is 113 Å². The van der Waals surface area contributed by atoms with Gasteiger partial charge in [0.25, 0.3) is 5.56 Å². The molecule has 4 aromatic heterocycles. The molecule has 2 aromatic carbocycles. The second kappa shape index (κ2) is 9.79. The fraction of sp³-hybridized carbons (Fsp3) is 0.129. The Hall–Kier alpha value is -3.53. The summed E-state index contributed by atoms with van der Waals surface area (Å²) >= 11 is 15.5. The predicted molar refractivity (Wildman–Crippen MR) is 167 cm³/mol. The summed E-state index contributed by atoms with van der Waals surface area (Å²) in [5, 5.41) is 3.85. The minimum absolute atomic E-state index is 0.148. The highest BCUT2D eigenvalue weighted by Gasteiger charge is 2.34. The van der Waals surface area contributed by atoms with E-state index in [1.807, 2.05) is 60.0 Å². The van der Waals surface area contributed by atoms with Crippen LogP contribution in [-0.4, -0.2) is 14.4 Å². The van der Waals surface area contributed by atoms with Gasteiger partial charge in [-0.15, -0.1) is 16.8 Å². The zero-order chi connectivity index (χ0) is 27.7. The number of hydrogen-bond acceptors (Lipinski definition) is 7. The van der Waals surface area contributed by atoms with Gasteiger partial charge < -0.3 is 4.84 Å². The molecule has 5 heterocycles. The summed E-state index contributed by atoms with van der Waals surface area (Å²) in [6, 6.07) is 19.3. The maximum atomic E-state index is 14.4. The van der Waals surface area contributed by atoms with E-state index in [0.717, 1.165) is 62.5 Å². The number of pyridine rings is 1. The van der Waals surface area contributed by atoms with E-state index in [4.69, 9.17) is 38.0 Å². The van der Waals surface area contributed by atoms with Crippen molar-refractivity contribution in [1.29, 1.82) is 0 Å². The molecule has 0 bridgehead atoms. The molecule has 10 heteroatoms. The first kappa shape index (κ1) is 25.2. The Balaban J connectivity index is 1.42. The van der Waals surface area contributed by atoms with Crippen molar-refractivity contribution in [2.45, 2.75) is 25.3 Å². The van der Waals surface area contributed by atoms with E-state index in [2.05, 4.69) is 17.6 Å². The molecule has 1 aliphatic heterocycles. The van der Waals surface area contributed by atoms with Gasteiger partial charge in [-0.3, -0.25) is 4.79 Å². The molecule has 8 rings (SSSR count). The van der Waals surface area contributed by atoms with Crippen molar-refractivity contribution >= 4 is 73.5 Å². The molecule has 1 N–H and O–H groups in total. The molecule has 0 saturated heterocycles. The highest BCUT2D eigenvalue weighted by molar-refractivity contribution is 7.17. The maximum Gasteiger partial charge on any atom is 0.271 e. The van der Waals surface area contributed by atoms with E-state index < -0.39 is 0 Å². The van der Waals surface area contributed by atoms with Crippen molar-refractivity contribution in [3.8, 4) is 17.0 Å². The Labute approximate surface area is 252 Å². The van der Waals surface area contributed by atoms with Crippen LogP contribution in [0.3, 0.4) is 0 Å². The molecule has 202 valence electrons. The van der Waals surface area contributed by atoms with Crippen LogP contribution in [0.5, 0.6) is 5.88 Å². The molecule has 0 spiro atoms. The van der Waals surface area contributed by atoms with Gasteiger partial charge in [0.1, 0.15) is 6.04 Å². The van der Waals surface area contributed by atoms with Gasteiger partial charge in [0.05, 0.1) is 16.0 Å². The third-order valence-electron chi connectivity index (χ3n) is 7.59. The van der Waals surface area contributed by atoms with Crippen LogP contribution in [0.4, 0.5) is 0 Å². The lowest BCUT2D eigenvalue weighted by Gasteiger charge is -2.23. The number of fused-ring (bicyclic) bond motifs is 5. The first-order valence-electron chi connectivity index (χ1n) is 13.2. The summed E-state index contributed by atoms with van der Waals surface area (Å²) in [7, 11) is 0. The molecule has 0 amide bonds. The van der Waals surface area contributed by atoms with Gasteiger partial charge in [0, 0.05) is 20.5 Å². The van der Waals surface area contributed by atoms with Crippen LogP contribution in [0.25, 0.3) is 38.8 Å². The average molecular weight is 616 g/mol. The molecule has 6 nitrogen and oxygen atoms in total. The van der Waals surface area contributed by atoms with E-state index in [1.54, 1.807) is 15.7 Å². The molecular formula is C31H20Cl2N4O2S2. The fourth-order valence-corrected chi connectivity index (χ4v) is 7.94. The number of nitrogens with one attached hydrogen (secondary N) is 1. The molecule has 41 heavy (non-hydrogen) atoms. The zero-order valence-electron chi connectivity index (χ0n) is 21.4. The molecule has 1 unspecified atom stereocenters. The number of hydroxylamine groups is 1. The van der Waals surface area contributed by atoms with Crippen LogP contribution >= 0.6 is 45.9 Å². The largest absolute Gasteiger partial charge is 0.387 e. The zero-order valence-corrected chi connectivity index (χ0v) is 24.5. The quantitative estimate of drug-likeness (QED) is 0.217. The van der Waals surface area contributed by atoms with Crippen LogP contribution in [0.2, 0.25) is 10.0 Å². The van der Waals surface area contributed by atoms with E-state index in [0.29, 0.717) is 31.9 Å². The molecule has 1 atom stereocenters. The lowest BCUT2D eigenvalue weighted by Crippen LogP contribution is -2.21. The smallest absolute Gasteiger partial charge is 0.271 e. The lowest BCUT2D eigenvalue weighted by atomic mass is 9.84. The number of nitrogens with zero attached hydrogens (tertiary/aromatic N) is 3. The summed E-state index contributed by atoms with van der Waals surface area (Å²) in [5.41, 5.74) is 9.21. The second-order valence-corrected chi connectivity index (χ2v) is 12.9. The van der Waals surface area contributed by atoms with Crippen molar-refractivity contribution in [2.75, 3.05) is 0 Å². The maximum absolute atomic E-state index is 14.4. The average Bonchev–Trinajstić information content (AvgIpc) is 3.72. The van der Waals surface area contributed by atoms with Crippen molar-refractivity contribution < 1.29 is 4.84 Å². The number of halogens is 2.